The van der Waals surface area contributed by atoms with Crippen molar-refractivity contribution in [1.29, 1.82) is 0 Å². The molecule has 4 nitrogen and oxygen atoms in total. The topological polar surface area (TPSA) is 49.4 Å². The molecule has 0 aliphatic carbocycles. The molecule has 1 aromatic carbocycles. The molecule has 1 saturated heterocycles. The zero-order valence-corrected chi connectivity index (χ0v) is 12.0. The Hall–Kier alpha value is -1.07. The van der Waals surface area contributed by atoms with Gasteiger partial charge in [-0.1, -0.05) is 13.0 Å². The van der Waals surface area contributed by atoms with E-state index in [9.17, 15) is 8.42 Å². The van der Waals surface area contributed by atoms with Gasteiger partial charge in [0.1, 0.15) is 0 Å². The van der Waals surface area contributed by atoms with E-state index in [2.05, 4.69) is 12.2 Å². The number of sulfonamides is 1. The zero-order chi connectivity index (χ0) is 13.5. The Bertz CT molecular complexity index is 583. The van der Waals surface area contributed by atoms with Gasteiger partial charge in [-0.25, -0.2) is 8.42 Å². The van der Waals surface area contributed by atoms with Gasteiger partial charge in [0.25, 0.3) is 0 Å². The second-order valence-electron chi connectivity index (χ2n) is 5.61. The van der Waals surface area contributed by atoms with Crippen LogP contribution in [-0.4, -0.2) is 32.4 Å². The van der Waals surface area contributed by atoms with Crippen LogP contribution in [0.25, 0.3) is 0 Å². The van der Waals surface area contributed by atoms with E-state index < -0.39 is 10.0 Å². The number of rotatable bonds is 2. The summed E-state index contributed by atoms with van der Waals surface area (Å²) in [4.78, 5) is 0.426. The zero-order valence-electron chi connectivity index (χ0n) is 11.2. The molecule has 2 aliphatic heterocycles. The number of anilines is 1. The highest BCUT2D eigenvalue weighted by atomic mass is 32.2. The summed E-state index contributed by atoms with van der Waals surface area (Å²) < 4.78 is 26.9. The van der Waals surface area contributed by atoms with Crippen molar-refractivity contribution in [3.05, 3.63) is 23.8 Å². The Labute approximate surface area is 114 Å². The maximum atomic E-state index is 12.6. The SMILES string of the molecule is CC1CCCN(S(=O)(=O)c2ccc3c(c2)NCC3)C1. The first-order valence-electron chi connectivity index (χ1n) is 6.94. The molecular weight excluding hydrogens is 260 g/mol. The van der Waals surface area contributed by atoms with Crippen LogP contribution in [0.15, 0.2) is 23.1 Å². The maximum Gasteiger partial charge on any atom is 0.243 e. The van der Waals surface area contributed by atoms with Crippen molar-refractivity contribution in [1.82, 2.24) is 4.31 Å². The Morgan fingerprint density at radius 3 is 3.00 bits per heavy atom. The average molecular weight is 280 g/mol. The number of nitrogens with one attached hydrogen (secondary N) is 1. The van der Waals surface area contributed by atoms with Crippen LogP contribution in [-0.2, 0) is 16.4 Å². The minimum absolute atomic E-state index is 0.426. The molecule has 1 N–H and O–H groups in total. The van der Waals surface area contributed by atoms with Crippen LogP contribution in [0.1, 0.15) is 25.3 Å². The molecule has 1 unspecified atom stereocenters. The van der Waals surface area contributed by atoms with Crippen LogP contribution in [0.4, 0.5) is 5.69 Å². The Morgan fingerprint density at radius 2 is 2.21 bits per heavy atom. The Balaban J connectivity index is 1.91. The summed E-state index contributed by atoms with van der Waals surface area (Å²) in [5, 5.41) is 3.24. The standard InChI is InChI=1S/C14H20N2O2S/c1-11-3-2-8-16(10-11)19(17,18)13-5-4-12-6-7-15-14(12)9-13/h4-5,9,11,15H,2-3,6-8,10H2,1H3. The Kier molecular flexibility index (Phi) is 3.27. The lowest BCUT2D eigenvalue weighted by atomic mass is 10.0. The summed E-state index contributed by atoms with van der Waals surface area (Å²) in [7, 11) is -3.32. The molecular formula is C14H20N2O2S. The van der Waals surface area contributed by atoms with Crippen molar-refractivity contribution in [3.8, 4) is 0 Å². The highest BCUT2D eigenvalue weighted by Crippen LogP contribution is 2.28. The summed E-state index contributed by atoms with van der Waals surface area (Å²) in [6, 6.07) is 5.48. The van der Waals surface area contributed by atoms with Crippen molar-refractivity contribution < 1.29 is 8.42 Å². The first kappa shape index (κ1) is 12.9. The summed E-state index contributed by atoms with van der Waals surface area (Å²) in [5.41, 5.74) is 2.19. The molecule has 5 heteroatoms. The quantitative estimate of drug-likeness (QED) is 0.902. The minimum Gasteiger partial charge on any atom is -0.384 e. The van der Waals surface area contributed by atoms with Gasteiger partial charge in [-0.15, -0.1) is 0 Å². The largest absolute Gasteiger partial charge is 0.384 e. The van der Waals surface area contributed by atoms with Gasteiger partial charge in [0.05, 0.1) is 4.90 Å². The normalized spacial score (nSPS) is 23.9. The van der Waals surface area contributed by atoms with Crippen LogP contribution in [0, 0.1) is 5.92 Å². The second kappa shape index (κ2) is 4.80. The monoisotopic (exact) mass is 280 g/mol. The van der Waals surface area contributed by atoms with Crippen LogP contribution in [0.2, 0.25) is 0 Å². The van der Waals surface area contributed by atoms with Gasteiger partial charge in [-0.3, -0.25) is 0 Å². The number of hydrogen-bond acceptors (Lipinski definition) is 3. The molecule has 19 heavy (non-hydrogen) atoms. The van der Waals surface area contributed by atoms with E-state index in [1.54, 1.807) is 16.4 Å². The van der Waals surface area contributed by atoms with Crippen molar-refractivity contribution in [2.45, 2.75) is 31.1 Å². The third-order valence-corrected chi connectivity index (χ3v) is 5.91. The fraction of sp³-hybridized carbons (Fsp3) is 0.571. The van der Waals surface area contributed by atoms with Crippen molar-refractivity contribution in [3.63, 3.8) is 0 Å². The van der Waals surface area contributed by atoms with E-state index in [1.807, 2.05) is 6.07 Å². The molecule has 0 spiro atoms. The van der Waals surface area contributed by atoms with E-state index in [0.717, 1.165) is 31.5 Å². The van der Waals surface area contributed by atoms with E-state index in [0.29, 0.717) is 23.9 Å². The number of fused-ring (bicyclic) bond motifs is 1. The first-order chi connectivity index (χ1) is 9.07. The van der Waals surface area contributed by atoms with Crippen LogP contribution in [0.3, 0.4) is 0 Å². The summed E-state index contributed by atoms with van der Waals surface area (Å²) in [6.07, 6.45) is 3.07. The smallest absolute Gasteiger partial charge is 0.243 e. The number of benzene rings is 1. The van der Waals surface area contributed by atoms with Crippen molar-refractivity contribution in [2.24, 2.45) is 5.92 Å². The molecule has 104 valence electrons. The van der Waals surface area contributed by atoms with Gasteiger partial charge in [0.15, 0.2) is 0 Å². The van der Waals surface area contributed by atoms with Crippen LogP contribution < -0.4 is 5.32 Å². The highest BCUT2D eigenvalue weighted by Gasteiger charge is 2.29. The number of hydrogen-bond donors (Lipinski definition) is 1. The van der Waals surface area contributed by atoms with E-state index in [-0.39, 0.29) is 0 Å². The van der Waals surface area contributed by atoms with Crippen molar-refractivity contribution >= 4 is 15.7 Å². The van der Waals surface area contributed by atoms with Crippen molar-refractivity contribution in [2.75, 3.05) is 25.0 Å². The summed E-state index contributed by atoms with van der Waals surface area (Å²) in [6.45, 7) is 4.32. The fourth-order valence-electron chi connectivity index (χ4n) is 2.94. The average Bonchev–Trinajstić information content (AvgIpc) is 2.85. The predicted molar refractivity (Wildman–Crippen MR) is 75.8 cm³/mol. The molecule has 0 aromatic heterocycles. The fourth-order valence-corrected chi connectivity index (χ4v) is 4.57. The van der Waals surface area contributed by atoms with Gasteiger partial charge in [-0.05, 0) is 42.9 Å². The molecule has 1 aromatic rings. The highest BCUT2D eigenvalue weighted by molar-refractivity contribution is 7.89. The van der Waals surface area contributed by atoms with Gasteiger partial charge in [0, 0.05) is 25.3 Å². The molecule has 0 radical (unpaired) electrons. The van der Waals surface area contributed by atoms with E-state index >= 15 is 0 Å². The first-order valence-corrected chi connectivity index (χ1v) is 8.38. The van der Waals surface area contributed by atoms with Gasteiger partial charge >= 0.3 is 0 Å². The minimum atomic E-state index is -3.32. The molecule has 3 rings (SSSR count). The molecule has 1 fully saturated rings. The van der Waals surface area contributed by atoms with E-state index in [4.69, 9.17) is 0 Å². The number of nitrogens with zero attached hydrogens (tertiary/aromatic N) is 1. The lowest BCUT2D eigenvalue weighted by molar-refractivity contribution is 0.281. The van der Waals surface area contributed by atoms with Gasteiger partial charge < -0.3 is 5.32 Å². The summed E-state index contributed by atoms with van der Waals surface area (Å²) >= 11 is 0. The Morgan fingerprint density at radius 1 is 1.37 bits per heavy atom. The summed E-state index contributed by atoms with van der Waals surface area (Å²) in [5.74, 6) is 0.455. The third-order valence-electron chi connectivity index (χ3n) is 4.05. The molecule has 0 bridgehead atoms. The molecule has 1 atom stereocenters. The maximum absolute atomic E-state index is 12.6. The number of piperidine rings is 1. The second-order valence-corrected chi connectivity index (χ2v) is 7.54. The molecule has 0 amide bonds. The molecule has 2 heterocycles. The lowest BCUT2D eigenvalue weighted by Gasteiger charge is -2.30. The van der Waals surface area contributed by atoms with E-state index in [1.165, 1.54) is 5.56 Å². The third kappa shape index (κ3) is 2.37. The van der Waals surface area contributed by atoms with Crippen LogP contribution >= 0.6 is 0 Å². The van der Waals surface area contributed by atoms with Gasteiger partial charge in [-0.2, -0.15) is 4.31 Å². The van der Waals surface area contributed by atoms with Crippen LogP contribution in [0.5, 0.6) is 0 Å². The van der Waals surface area contributed by atoms with Gasteiger partial charge in [0.2, 0.25) is 10.0 Å². The molecule has 0 saturated carbocycles. The predicted octanol–water partition coefficient (Wildman–Crippen LogP) is 2.08. The lowest BCUT2D eigenvalue weighted by Crippen LogP contribution is -2.39. The molecule has 2 aliphatic rings.